The van der Waals surface area contributed by atoms with Gasteiger partial charge in [0.25, 0.3) is 0 Å². The van der Waals surface area contributed by atoms with Gasteiger partial charge < -0.3 is 5.11 Å². The molecule has 0 aromatic heterocycles. The van der Waals surface area contributed by atoms with Gasteiger partial charge in [-0.1, -0.05) is 18.2 Å². The zero-order valence-corrected chi connectivity index (χ0v) is 10.9. The molecule has 2 rings (SSSR count). The Morgan fingerprint density at radius 2 is 2.00 bits per heavy atom. The molecule has 1 aromatic carbocycles. The molecule has 1 aliphatic heterocycles. The van der Waals surface area contributed by atoms with E-state index in [0.29, 0.717) is 16.9 Å². The largest absolute Gasteiger partial charge is 0.394 e. The second-order valence-electron chi connectivity index (χ2n) is 4.65. The number of hydrogen-bond acceptors (Lipinski definition) is 4. The molecule has 1 heterocycles. The molecule has 0 saturated heterocycles. The second-order valence-corrected chi connectivity index (χ2v) is 6.73. The number of benzene rings is 1. The molecule has 0 bridgehead atoms. The Balaban J connectivity index is 2.71. The maximum Gasteiger partial charge on any atom is 0.178 e. The molecule has 0 radical (unpaired) electrons. The molecular formula is C12H17NO3S. The van der Waals surface area contributed by atoms with Gasteiger partial charge in [0.05, 0.1) is 22.8 Å². The number of hydrogen-bond donors (Lipinski definition) is 1. The summed E-state index contributed by atoms with van der Waals surface area (Å²) in [7, 11) is 0.538. The fourth-order valence-electron chi connectivity index (χ4n) is 2.44. The number of rotatable bonds is 2. The van der Waals surface area contributed by atoms with E-state index in [1.807, 2.05) is 25.1 Å². The van der Waals surface area contributed by atoms with Gasteiger partial charge in [0.15, 0.2) is 9.84 Å². The minimum absolute atomic E-state index is 0.0769. The smallest absolute Gasteiger partial charge is 0.178 e. The molecule has 0 spiro atoms. The van der Waals surface area contributed by atoms with Crippen LogP contribution in [0.25, 0.3) is 0 Å². The van der Waals surface area contributed by atoms with E-state index in [1.54, 1.807) is 18.2 Å². The van der Waals surface area contributed by atoms with Crippen molar-refractivity contribution >= 4 is 9.84 Å². The fourth-order valence-corrected chi connectivity index (χ4v) is 4.15. The number of nitrogens with zero attached hydrogens (tertiary/aromatic N) is 1. The van der Waals surface area contributed by atoms with Crippen molar-refractivity contribution in [3.8, 4) is 0 Å². The van der Waals surface area contributed by atoms with Crippen molar-refractivity contribution in [2.75, 3.05) is 26.5 Å². The Morgan fingerprint density at radius 3 is 2.59 bits per heavy atom. The van der Waals surface area contributed by atoms with Gasteiger partial charge >= 0.3 is 0 Å². The molecular weight excluding hydrogens is 238 g/mol. The summed E-state index contributed by atoms with van der Waals surface area (Å²) < 4.78 is 24.0. The average molecular weight is 255 g/mol. The van der Waals surface area contributed by atoms with Gasteiger partial charge in [0.1, 0.15) is 0 Å². The minimum Gasteiger partial charge on any atom is -0.394 e. The third-order valence-electron chi connectivity index (χ3n) is 3.63. The topological polar surface area (TPSA) is 57.6 Å². The van der Waals surface area contributed by atoms with Crippen molar-refractivity contribution in [3.63, 3.8) is 0 Å². The summed E-state index contributed by atoms with van der Waals surface area (Å²) in [6.07, 6.45) is 0.426. The van der Waals surface area contributed by atoms with Crippen molar-refractivity contribution in [3.05, 3.63) is 29.8 Å². The van der Waals surface area contributed by atoms with Crippen molar-refractivity contribution in [1.82, 2.24) is 4.90 Å². The van der Waals surface area contributed by atoms with Crippen LogP contribution in [0.3, 0.4) is 0 Å². The Bertz CT molecular complexity index is 524. The van der Waals surface area contributed by atoms with Crippen LogP contribution in [0.1, 0.15) is 12.0 Å². The molecule has 17 heavy (non-hydrogen) atoms. The number of sulfone groups is 1. The average Bonchev–Trinajstić information content (AvgIpc) is 2.30. The summed E-state index contributed by atoms with van der Waals surface area (Å²) in [6, 6.07) is 6.95. The number of likely N-dealkylation sites (N-methyl/N-ethyl adjacent to an activating group) is 1. The van der Waals surface area contributed by atoms with Gasteiger partial charge in [-0.05, 0) is 32.1 Å². The van der Waals surface area contributed by atoms with Crippen LogP contribution >= 0.6 is 0 Å². The number of fused-ring (bicyclic) bond motifs is 1. The van der Waals surface area contributed by atoms with Gasteiger partial charge in [-0.3, -0.25) is 4.90 Å². The standard InChI is InChI=1S/C12H17NO3S/c1-13(2)12(9-14)7-8-17(15,16)11-6-4-3-5-10(11)12/h3-6,14H,7-9H2,1-2H3. The Labute approximate surface area is 102 Å². The minimum atomic E-state index is -3.19. The van der Waals surface area contributed by atoms with Gasteiger partial charge in [0, 0.05) is 0 Å². The monoisotopic (exact) mass is 255 g/mol. The molecule has 0 fully saturated rings. The van der Waals surface area contributed by atoms with E-state index in [9.17, 15) is 13.5 Å². The molecule has 1 atom stereocenters. The molecule has 1 aromatic rings. The summed E-state index contributed by atoms with van der Waals surface area (Å²) in [6.45, 7) is -0.0769. The lowest BCUT2D eigenvalue weighted by atomic mass is 9.86. The molecule has 1 unspecified atom stereocenters. The number of aliphatic hydroxyl groups excluding tert-OH is 1. The van der Waals surface area contributed by atoms with E-state index in [1.165, 1.54) is 0 Å². The molecule has 1 N–H and O–H groups in total. The summed E-state index contributed by atoms with van der Waals surface area (Å²) in [4.78, 5) is 2.26. The normalized spacial score (nSPS) is 26.8. The van der Waals surface area contributed by atoms with Crippen LogP contribution in [0.4, 0.5) is 0 Å². The first-order chi connectivity index (χ1) is 7.94. The molecule has 1 aliphatic rings. The first-order valence-electron chi connectivity index (χ1n) is 5.54. The predicted octanol–water partition coefficient (Wildman–Crippen LogP) is 0.613. The molecule has 0 amide bonds. The van der Waals surface area contributed by atoms with Crippen molar-refractivity contribution in [2.24, 2.45) is 0 Å². The molecule has 94 valence electrons. The molecule has 0 aliphatic carbocycles. The highest BCUT2D eigenvalue weighted by atomic mass is 32.2. The van der Waals surface area contributed by atoms with Crippen LogP contribution in [-0.2, 0) is 15.4 Å². The highest BCUT2D eigenvalue weighted by molar-refractivity contribution is 7.91. The van der Waals surface area contributed by atoms with Gasteiger partial charge in [-0.25, -0.2) is 8.42 Å². The van der Waals surface area contributed by atoms with E-state index in [0.717, 1.165) is 0 Å². The zero-order valence-electron chi connectivity index (χ0n) is 10.0. The molecule has 4 nitrogen and oxygen atoms in total. The lowest BCUT2D eigenvalue weighted by Crippen LogP contribution is -2.49. The van der Waals surface area contributed by atoms with Crippen LogP contribution in [0.15, 0.2) is 29.2 Å². The first-order valence-corrected chi connectivity index (χ1v) is 7.20. The van der Waals surface area contributed by atoms with Crippen LogP contribution in [-0.4, -0.2) is 44.9 Å². The Hall–Kier alpha value is -0.910. The quantitative estimate of drug-likeness (QED) is 0.841. The summed E-state index contributed by atoms with van der Waals surface area (Å²) in [5, 5.41) is 9.69. The summed E-state index contributed by atoms with van der Waals surface area (Å²) in [5.41, 5.74) is 0.126. The highest BCUT2D eigenvalue weighted by Gasteiger charge is 2.43. The number of aliphatic hydroxyl groups is 1. The van der Waals surface area contributed by atoms with Gasteiger partial charge in [-0.2, -0.15) is 0 Å². The van der Waals surface area contributed by atoms with Crippen molar-refractivity contribution in [1.29, 1.82) is 0 Å². The Kier molecular flexibility index (Phi) is 3.01. The van der Waals surface area contributed by atoms with E-state index < -0.39 is 15.4 Å². The third-order valence-corrected chi connectivity index (χ3v) is 5.39. The van der Waals surface area contributed by atoms with Crippen molar-refractivity contribution in [2.45, 2.75) is 16.9 Å². The predicted molar refractivity (Wildman–Crippen MR) is 65.6 cm³/mol. The first kappa shape index (κ1) is 12.5. The Morgan fingerprint density at radius 1 is 1.35 bits per heavy atom. The van der Waals surface area contributed by atoms with Crippen LogP contribution in [0.2, 0.25) is 0 Å². The lowest BCUT2D eigenvalue weighted by Gasteiger charge is -2.42. The van der Waals surface area contributed by atoms with E-state index in [4.69, 9.17) is 0 Å². The summed E-state index contributed by atoms with van der Waals surface area (Å²) in [5.74, 6) is 0.0861. The van der Waals surface area contributed by atoms with Crippen LogP contribution < -0.4 is 0 Å². The third kappa shape index (κ3) is 1.78. The maximum absolute atomic E-state index is 12.0. The fraction of sp³-hybridized carbons (Fsp3) is 0.500. The lowest BCUT2D eigenvalue weighted by molar-refractivity contribution is 0.0585. The second kappa shape index (κ2) is 4.08. The summed E-state index contributed by atoms with van der Waals surface area (Å²) >= 11 is 0. The van der Waals surface area contributed by atoms with Gasteiger partial charge in [0.2, 0.25) is 0 Å². The highest BCUT2D eigenvalue weighted by Crippen LogP contribution is 2.39. The van der Waals surface area contributed by atoms with E-state index >= 15 is 0 Å². The van der Waals surface area contributed by atoms with Crippen LogP contribution in [0, 0.1) is 0 Å². The van der Waals surface area contributed by atoms with E-state index in [2.05, 4.69) is 0 Å². The van der Waals surface area contributed by atoms with Crippen LogP contribution in [0.5, 0.6) is 0 Å². The molecule has 5 heteroatoms. The van der Waals surface area contributed by atoms with E-state index in [-0.39, 0.29) is 12.4 Å². The maximum atomic E-state index is 12.0. The molecule has 0 saturated carbocycles. The van der Waals surface area contributed by atoms with Gasteiger partial charge in [-0.15, -0.1) is 0 Å². The van der Waals surface area contributed by atoms with Crippen molar-refractivity contribution < 1.29 is 13.5 Å². The SMILES string of the molecule is CN(C)C1(CO)CCS(=O)(=O)c2ccccc21. The zero-order chi connectivity index (χ0) is 12.7.